The molecule has 0 aromatic carbocycles. The highest BCUT2D eigenvalue weighted by atomic mass is 28.3. The fourth-order valence-electron chi connectivity index (χ4n) is 3.14. The lowest BCUT2D eigenvalue weighted by molar-refractivity contribution is 0.805. The predicted molar refractivity (Wildman–Crippen MR) is 85.9 cm³/mol. The molecule has 0 bridgehead atoms. The highest BCUT2D eigenvalue weighted by Gasteiger charge is 2.33. The second kappa shape index (κ2) is 5.79. The van der Waals surface area contributed by atoms with E-state index in [4.69, 9.17) is 0 Å². The van der Waals surface area contributed by atoms with Gasteiger partial charge in [0, 0.05) is 8.41 Å². The second-order valence-electron chi connectivity index (χ2n) is 6.72. The molecule has 0 aromatic heterocycles. The maximum Gasteiger partial charge on any atom is 0.0868 e. The molecule has 0 nitrogen and oxygen atoms in total. The Morgan fingerprint density at radius 2 is 1.41 bits per heavy atom. The van der Waals surface area contributed by atoms with Gasteiger partial charge in [0.1, 0.15) is 0 Å². The van der Waals surface area contributed by atoms with Gasteiger partial charge >= 0.3 is 0 Å². The van der Waals surface area contributed by atoms with Crippen LogP contribution in [0, 0.1) is 11.8 Å². The Morgan fingerprint density at radius 3 is 1.71 bits per heavy atom. The zero-order valence-electron chi connectivity index (χ0n) is 13.0. The van der Waals surface area contributed by atoms with Crippen LogP contribution in [-0.4, -0.2) is 22.0 Å². The number of hydrogen-bond donors (Lipinski definition) is 0. The molecular weight excluding hydrogens is 236 g/mol. The van der Waals surface area contributed by atoms with Gasteiger partial charge in [-0.05, 0) is 22.9 Å². The summed E-state index contributed by atoms with van der Waals surface area (Å²) in [6.07, 6.45) is 0. The molecule has 1 atom stereocenters. The van der Waals surface area contributed by atoms with E-state index in [0.717, 1.165) is 22.9 Å². The third-order valence-electron chi connectivity index (χ3n) is 3.88. The average molecular weight is 267 g/mol. The summed E-state index contributed by atoms with van der Waals surface area (Å²) in [6.45, 7) is 19.4. The van der Waals surface area contributed by atoms with Crippen molar-refractivity contribution < 1.29 is 0 Å². The van der Waals surface area contributed by atoms with Crippen molar-refractivity contribution in [3.8, 4) is 0 Å². The molecule has 1 unspecified atom stereocenters. The van der Waals surface area contributed by atoms with E-state index in [9.17, 15) is 0 Å². The largest absolute Gasteiger partial charge is 0.0941 e. The minimum atomic E-state index is -0.755. The Morgan fingerprint density at radius 1 is 0.882 bits per heavy atom. The van der Waals surface area contributed by atoms with Crippen LogP contribution in [-0.2, 0) is 0 Å². The number of hydrogen-bond acceptors (Lipinski definition) is 0. The molecule has 17 heavy (non-hydrogen) atoms. The van der Waals surface area contributed by atoms with Gasteiger partial charge in [-0.2, -0.15) is 0 Å². The third-order valence-corrected chi connectivity index (χ3v) is 13.4. The minimum Gasteiger partial charge on any atom is -0.0941 e. The summed E-state index contributed by atoms with van der Waals surface area (Å²) in [5, 5.41) is 1.86. The first-order valence-electron chi connectivity index (χ1n) is 7.23. The van der Waals surface area contributed by atoms with E-state index in [1.165, 1.54) is 0 Å². The van der Waals surface area contributed by atoms with Crippen LogP contribution in [0.3, 0.4) is 0 Å². The van der Waals surface area contributed by atoms with E-state index in [1.807, 2.05) is 9.99 Å². The molecular formula is C15H30Si2. The Kier molecular flexibility index (Phi) is 5.14. The molecule has 0 saturated carbocycles. The summed E-state index contributed by atoms with van der Waals surface area (Å²) in [4.78, 5) is 2.03. The van der Waals surface area contributed by atoms with Crippen LogP contribution in [0.4, 0.5) is 0 Å². The van der Waals surface area contributed by atoms with Crippen LogP contribution in [0.1, 0.15) is 55.4 Å². The SMILES string of the molecule is CC(C)C1=C[SiH](C(C)C)C(C(C)C)=[Si]1C(C)C. The van der Waals surface area contributed by atoms with Crippen molar-refractivity contribution in [3.63, 3.8) is 0 Å². The normalized spacial score (nSPS) is 21.4. The molecule has 1 rings (SSSR count). The summed E-state index contributed by atoms with van der Waals surface area (Å²) in [6, 6.07) is 0. The number of allylic oxidation sites excluding steroid dienone is 1. The van der Waals surface area contributed by atoms with Gasteiger partial charge in [0.15, 0.2) is 0 Å². The molecule has 0 aliphatic carbocycles. The fourth-order valence-corrected chi connectivity index (χ4v) is 14.3. The standard InChI is InChI=1S/C15H30Si2/c1-10(2)14-9-16(12(5)6)15(11(3)4)17(14)13(7)8/h9-13,16H,1-8H3. The van der Waals surface area contributed by atoms with Gasteiger partial charge in [-0.15, -0.1) is 0 Å². The molecule has 0 aromatic rings. The highest BCUT2D eigenvalue weighted by Crippen LogP contribution is 2.30. The third kappa shape index (κ3) is 3.08. The van der Waals surface area contributed by atoms with Gasteiger partial charge < -0.3 is 0 Å². The van der Waals surface area contributed by atoms with Gasteiger partial charge in [-0.3, -0.25) is 0 Å². The quantitative estimate of drug-likeness (QED) is 0.671. The van der Waals surface area contributed by atoms with Crippen molar-refractivity contribution in [1.29, 1.82) is 0 Å². The number of rotatable bonds is 4. The highest BCUT2D eigenvalue weighted by molar-refractivity contribution is 7.15. The predicted octanol–water partition coefficient (Wildman–Crippen LogP) is 4.15. The van der Waals surface area contributed by atoms with Crippen LogP contribution >= 0.6 is 0 Å². The topological polar surface area (TPSA) is 0 Å². The van der Waals surface area contributed by atoms with Crippen molar-refractivity contribution >= 4 is 22.0 Å². The van der Waals surface area contributed by atoms with Gasteiger partial charge in [0.2, 0.25) is 0 Å². The van der Waals surface area contributed by atoms with Crippen LogP contribution in [0.15, 0.2) is 10.9 Å². The second-order valence-corrected chi connectivity index (χ2v) is 13.8. The van der Waals surface area contributed by atoms with E-state index in [2.05, 4.69) is 61.1 Å². The summed E-state index contributed by atoms with van der Waals surface area (Å²) >= 11 is 0. The maximum absolute atomic E-state index is 2.78. The van der Waals surface area contributed by atoms with Crippen LogP contribution in [0.5, 0.6) is 0 Å². The fraction of sp³-hybridized carbons (Fsp3) is 0.800. The van der Waals surface area contributed by atoms with Crippen LogP contribution < -0.4 is 0 Å². The molecule has 1 aliphatic rings. The van der Waals surface area contributed by atoms with Crippen molar-refractivity contribution in [2.75, 3.05) is 0 Å². The van der Waals surface area contributed by atoms with E-state index >= 15 is 0 Å². The zero-order valence-corrected chi connectivity index (χ0v) is 15.1. The lowest BCUT2D eigenvalue weighted by atomic mass is 10.2. The molecule has 0 saturated heterocycles. The average Bonchev–Trinajstić information content (AvgIpc) is 2.56. The molecule has 0 N–H and O–H groups in total. The maximum atomic E-state index is 2.78. The molecule has 0 fully saturated rings. The van der Waals surface area contributed by atoms with Crippen molar-refractivity contribution in [2.45, 2.75) is 66.5 Å². The first kappa shape index (κ1) is 15.1. The Labute approximate surface area is 111 Å². The summed E-state index contributed by atoms with van der Waals surface area (Å²) in [5.41, 5.74) is 4.56. The van der Waals surface area contributed by atoms with Gasteiger partial charge in [0.25, 0.3) is 0 Å². The van der Waals surface area contributed by atoms with E-state index in [0.29, 0.717) is 0 Å². The van der Waals surface area contributed by atoms with E-state index < -0.39 is 8.80 Å². The summed E-state index contributed by atoms with van der Waals surface area (Å²) in [5.74, 6) is 1.59. The lowest BCUT2D eigenvalue weighted by Crippen LogP contribution is -2.34. The van der Waals surface area contributed by atoms with Gasteiger partial charge in [-0.25, -0.2) is 0 Å². The van der Waals surface area contributed by atoms with Gasteiger partial charge in [0.05, 0.1) is 8.80 Å². The van der Waals surface area contributed by atoms with Crippen LogP contribution in [0.2, 0.25) is 11.1 Å². The lowest BCUT2D eigenvalue weighted by Gasteiger charge is -2.23. The van der Waals surface area contributed by atoms with Crippen molar-refractivity contribution in [2.24, 2.45) is 11.8 Å². The molecule has 1 aliphatic heterocycles. The molecule has 0 amide bonds. The Bertz CT molecular complexity index is 333. The molecule has 0 radical (unpaired) electrons. The minimum absolute atomic E-state index is 0.358. The Hall–Kier alpha value is 0.0438. The van der Waals surface area contributed by atoms with Gasteiger partial charge in [-0.1, -0.05) is 71.1 Å². The van der Waals surface area contributed by atoms with Crippen molar-refractivity contribution in [3.05, 3.63) is 10.9 Å². The first-order valence-corrected chi connectivity index (χ1v) is 10.7. The summed E-state index contributed by atoms with van der Waals surface area (Å²) in [7, 11) is -1.11. The summed E-state index contributed by atoms with van der Waals surface area (Å²) < 4.78 is 0. The molecule has 2 heteroatoms. The zero-order chi connectivity index (χ0) is 13.3. The van der Waals surface area contributed by atoms with E-state index in [1.54, 1.807) is 0 Å². The molecule has 98 valence electrons. The molecule has 1 heterocycles. The first-order chi connectivity index (χ1) is 7.77. The van der Waals surface area contributed by atoms with E-state index in [-0.39, 0.29) is 8.41 Å². The van der Waals surface area contributed by atoms with Crippen molar-refractivity contribution in [1.82, 2.24) is 0 Å². The smallest absolute Gasteiger partial charge is 0.0868 e. The monoisotopic (exact) mass is 266 g/mol. The Balaban J connectivity index is 3.30. The molecule has 0 spiro atoms. The van der Waals surface area contributed by atoms with Crippen LogP contribution in [0.25, 0.3) is 0 Å².